The molecule has 2 aromatic rings. The molecule has 4 nitrogen and oxygen atoms in total. The van der Waals surface area contributed by atoms with Crippen LogP contribution >= 0.6 is 0 Å². The van der Waals surface area contributed by atoms with Gasteiger partial charge >= 0.3 is 0 Å². The maximum Gasteiger partial charge on any atom is 0.247 e. The largest absolute Gasteiger partial charge is 0.375 e. The van der Waals surface area contributed by atoms with E-state index in [1.165, 1.54) is 13.2 Å². The summed E-state index contributed by atoms with van der Waals surface area (Å²) in [6.45, 7) is -0.639. The average Bonchev–Trinajstić information content (AvgIpc) is 2.49. The second kappa shape index (κ2) is 6.45. The van der Waals surface area contributed by atoms with Crippen molar-refractivity contribution in [1.82, 2.24) is 4.98 Å². The molecule has 106 valence electrons. The molecule has 2 atom stereocenters. The highest BCUT2D eigenvalue weighted by Gasteiger charge is 2.19. The van der Waals surface area contributed by atoms with Gasteiger partial charge in [0.15, 0.2) is 0 Å². The molecule has 0 aliphatic carbocycles. The number of aromatic amines is 1. The normalized spacial score (nSPS) is 13.9. The molecule has 0 aliphatic rings. The molecule has 0 spiro atoms. The van der Waals surface area contributed by atoms with E-state index < -0.39 is 18.8 Å². The van der Waals surface area contributed by atoms with Crippen LogP contribution in [0, 0.1) is 0 Å². The van der Waals surface area contributed by atoms with Crippen LogP contribution in [0.15, 0.2) is 47.4 Å². The number of ether oxygens (including phenoxy) is 1. The van der Waals surface area contributed by atoms with Crippen LogP contribution in [0.1, 0.15) is 11.7 Å². The number of benzene rings is 1. The lowest BCUT2D eigenvalue weighted by molar-refractivity contribution is 0.0721. The first kappa shape index (κ1) is 14.4. The first-order valence-corrected chi connectivity index (χ1v) is 6.29. The fraction of sp³-hybridized carbons (Fsp3) is 0.267. The van der Waals surface area contributed by atoms with Crippen LogP contribution in [0.3, 0.4) is 0 Å². The van der Waals surface area contributed by atoms with Gasteiger partial charge in [-0.25, -0.2) is 4.39 Å². The molecule has 20 heavy (non-hydrogen) atoms. The van der Waals surface area contributed by atoms with Crippen molar-refractivity contribution in [3.63, 3.8) is 0 Å². The lowest BCUT2D eigenvalue weighted by Crippen LogP contribution is -2.31. The Balaban J connectivity index is 2.25. The van der Waals surface area contributed by atoms with E-state index in [1.54, 1.807) is 12.3 Å². The zero-order valence-electron chi connectivity index (χ0n) is 11.2. The molecule has 2 rings (SSSR count). The van der Waals surface area contributed by atoms with E-state index in [1.807, 2.05) is 24.3 Å². The Morgan fingerprint density at radius 3 is 2.35 bits per heavy atom. The molecule has 0 saturated heterocycles. The second-order valence-corrected chi connectivity index (χ2v) is 4.54. The number of methoxy groups -OCH3 is 1. The highest BCUT2D eigenvalue weighted by atomic mass is 19.1. The van der Waals surface area contributed by atoms with Crippen molar-refractivity contribution in [3.8, 4) is 11.1 Å². The van der Waals surface area contributed by atoms with Crippen molar-refractivity contribution >= 4 is 0 Å². The van der Waals surface area contributed by atoms with Crippen molar-refractivity contribution in [2.75, 3.05) is 13.8 Å². The molecule has 0 aliphatic heterocycles. The van der Waals surface area contributed by atoms with Gasteiger partial charge in [-0.2, -0.15) is 0 Å². The van der Waals surface area contributed by atoms with Crippen LogP contribution in [-0.2, 0) is 4.74 Å². The summed E-state index contributed by atoms with van der Waals surface area (Å²) >= 11 is 0. The summed E-state index contributed by atoms with van der Waals surface area (Å²) < 4.78 is 17.9. The van der Waals surface area contributed by atoms with E-state index in [9.17, 15) is 9.18 Å². The summed E-state index contributed by atoms with van der Waals surface area (Å²) in [7, 11) is 1.51. The zero-order chi connectivity index (χ0) is 14.5. The number of aromatic nitrogens is 1. The van der Waals surface area contributed by atoms with Crippen molar-refractivity contribution in [2.45, 2.75) is 12.1 Å². The van der Waals surface area contributed by atoms with Crippen molar-refractivity contribution in [1.29, 1.82) is 0 Å². The fourth-order valence-corrected chi connectivity index (χ4v) is 2.09. The topological polar surface area (TPSA) is 68.1 Å². The van der Waals surface area contributed by atoms with Gasteiger partial charge in [0.1, 0.15) is 6.67 Å². The Kier molecular flexibility index (Phi) is 4.65. The molecule has 0 saturated carbocycles. The van der Waals surface area contributed by atoms with Gasteiger partial charge in [-0.3, -0.25) is 4.79 Å². The van der Waals surface area contributed by atoms with Crippen LogP contribution < -0.4 is 11.3 Å². The van der Waals surface area contributed by atoms with Gasteiger partial charge in [0.05, 0.1) is 12.1 Å². The number of nitrogens with one attached hydrogen (secondary N) is 1. The van der Waals surface area contributed by atoms with Crippen molar-refractivity contribution < 1.29 is 9.13 Å². The molecule has 0 bridgehead atoms. The molecule has 1 aromatic carbocycles. The molecule has 3 N–H and O–H groups in total. The van der Waals surface area contributed by atoms with Gasteiger partial charge in [-0.1, -0.05) is 24.3 Å². The summed E-state index contributed by atoms with van der Waals surface area (Å²) in [6, 6.07) is 10.0. The minimum absolute atomic E-state index is 0.140. The maximum absolute atomic E-state index is 12.7. The van der Waals surface area contributed by atoms with Crippen molar-refractivity contribution in [2.24, 2.45) is 5.73 Å². The Morgan fingerprint density at radius 1 is 1.20 bits per heavy atom. The minimum Gasteiger partial charge on any atom is -0.375 e. The van der Waals surface area contributed by atoms with Gasteiger partial charge < -0.3 is 15.5 Å². The van der Waals surface area contributed by atoms with Gasteiger partial charge in [-0.05, 0) is 22.8 Å². The number of nitrogens with two attached hydrogens (primary N) is 1. The lowest BCUT2D eigenvalue weighted by atomic mass is 10.00. The highest BCUT2D eigenvalue weighted by molar-refractivity contribution is 5.62. The molecule has 0 amide bonds. The monoisotopic (exact) mass is 276 g/mol. The Morgan fingerprint density at radius 2 is 1.85 bits per heavy atom. The first-order chi connectivity index (χ1) is 9.65. The van der Waals surface area contributed by atoms with E-state index >= 15 is 0 Å². The summed E-state index contributed by atoms with van der Waals surface area (Å²) in [6.07, 6.45) is 1.18. The zero-order valence-corrected chi connectivity index (χ0v) is 11.2. The quantitative estimate of drug-likeness (QED) is 0.878. The van der Waals surface area contributed by atoms with Gasteiger partial charge in [0.2, 0.25) is 5.56 Å². The first-order valence-electron chi connectivity index (χ1n) is 6.29. The van der Waals surface area contributed by atoms with Crippen LogP contribution in [0.25, 0.3) is 11.1 Å². The molecule has 5 heteroatoms. The summed E-state index contributed by atoms with van der Waals surface area (Å²) in [5, 5.41) is 0. The number of hydrogen-bond acceptors (Lipinski definition) is 3. The maximum atomic E-state index is 12.7. The lowest BCUT2D eigenvalue weighted by Gasteiger charge is -2.20. The number of alkyl halides is 1. The number of rotatable bonds is 5. The smallest absolute Gasteiger partial charge is 0.247 e. The van der Waals surface area contributed by atoms with E-state index in [0.29, 0.717) is 0 Å². The predicted molar refractivity (Wildman–Crippen MR) is 76.2 cm³/mol. The van der Waals surface area contributed by atoms with Crippen LogP contribution in [-0.4, -0.2) is 24.8 Å². The third-order valence-electron chi connectivity index (χ3n) is 3.18. The Hall–Kier alpha value is -1.98. The summed E-state index contributed by atoms with van der Waals surface area (Å²) in [5.74, 6) is 0. The summed E-state index contributed by atoms with van der Waals surface area (Å²) in [5.41, 5.74) is 8.23. The molecular weight excluding hydrogens is 259 g/mol. The van der Waals surface area contributed by atoms with Crippen LogP contribution in [0.5, 0.6) is 0 Å². The van der Waals surface area contributed by atoms with E-state index in [0.717, 1.165) is 16.7 Å². The second-order valence-electron chi connectivity index (χ2n) is 4.54. The average molecular weight is 276 g/mol. The molecule has 1 aromatic heterocycles. The molecule has 2 unspecified atom stereocenters. The molecular formula is C15H17FN2O2. The van der Waals surface area contributed by atoms with Crippen molar-refractivity contribution in [3.05, 3.63) is 58.5 Å². The van der Waals surface area contributed by atoms with E-state index in [2.05, 4.69) is 4.98 Å². The van der Waals surface area contributed by atoms with E-state index in [4.69, 9.17) is 10.5 Å². The van der Waals surface area contributed by atoms with Gasteiger partial charge in [-0.15, -0.1) is 0 Å². The molecule has 0 radical (unpaired) electrons. The molecule has 0 fully saturated rings. The number of H-pyrrole nitrogens is 1. The third kappa shape index (κ3) is 3.12. The standard InChI is InChI=1S/C15H17FN2O2/c1-20-15(13(17)8-16)11-4-2-10(3-5-11)12-6-7-14(19)18-9-12/h2-7,9,13,15H,8,17H2,1H3,(H,18,19). The Labute approximate surface area is 116 Å². The minimum atomic E-state index is -0.682. The van der Waals surface area contributed by atoms with E-state index in [-0.39, 0.29) is 5.56 Å². The number of halogens is 1. The molecule has 1 heterocycles. The number of hydrogen-bond donors (Lipinski definition) is 2. The van der Waals surface area contributed by atoms with Gasteiger partial charge in [0, 0.05) is 19.4 Å². The SMILES string of the molecule is COC(c1ccc(-c2ccc(=O)[nH]c2)cc1)C(N)CF. The summed E-state index contributed by atoms with van der Waals surface area (Å²) in [4.78, 5) is 13.6. The van der Waals surface area contributed by atoms with Gasteiger partial charge in [0.25, 0.3) is 0 Å². The number of pyridine rings is 1. The van der Waals surface area contributed by atoms with Crippen LogP contribution in [0.2, 0.25) is 0 Å². The highest BCUT2D eigenvalue weighted by Crippen LogP contribution is 2.24. The predicted octanol–water partition coefficient (Wildman–Crippen LogP) is 2.03. The Bertz CT molecular complexity index is 590. The fourth-order valence-electron chi connectivity index (χ4n) is 2.09. The third-order valence-corrected chi connectivity index (χ3v) is 3.18. The van der Waals surface area contributed by atoms with Crippen LogP contribution in [0.4, 0.5) is 4.39 Å².